The highest BCUT2D eigenvalue weighted by Gasteiger charge is 2.21. The Hall–Kier alpha value is -1.10. The predicted octanol–water partition coefficient (Wildman–Crippen LogP) is 1.86. The maximum absolute atomic E-state index is 4.21. The molecule has 0 radical (unpaired) electrons. The van der Waals surface area contributed by atoms with Gasteiger partial charge in [0.25, 0.3) is 0 Å². The lowest BCUT2D eigenvalue weighted by Gasteiger charge is -2.24. The van der Waals surface area contributed by atoms with Crippen molar-refractivity contribution in [3.8, 4) is 0 Å². The van der Waals surface area contributed by atoms with Gasteiger partial charge >= 0.3 is 0 Å². The molecule has 3 rings (SSSR count). The second-order valence-electron chi connectivity index (χ2n) is 4.18. The van der Waals surface area contributed by atoms with E-state index in [2.05, 4.69) is 34.0 Å². The molecule has 18 heavy (non-hydrogen) atoms. The zero-order valence-corrected chi connectivity index (χ0v) is 11.5. The third kappa shape index (κ3) is 3.22. The average molecular weight is 287 g/mol. The molecule has 0 saturated carbocycles. The van der Waals surface area contributed by atoms with Gasteiger partial charge in [0.15, 0.2) is 0 Å². The Balaban J connectivity index is 0.000000810. The lowest BCUT2D eigenvalue weighted by Crippen LogP contribution is -2.40. The van der Waals surface area contributed by atoms with Crippen LogP contribution in [0, 0.1) is 0 Å². The third-order valence-electron chi connectivity index (χ3n) is 2.94. The Bertz CT molecular complexity index is 468. The van der Waals surface area contributed by atoms with Crippen LogP contribution >= 0.6 is 24.8 Å². The fraction of sp³-hybridized carbons (Fsp3) is 0.333. The number of halogens is 2. The highest BCUT2D eigenvalue weighted by atomic mass is 35.5. The zero-order valence-electron chi connectivity index (χ0n) is 9.82. The molecule has 2 aromatic rings. The molecule has 1 aromatic heterocycles. The summed E-state index contributed by atoms with van der Waals surface area (Å²) in [7, 11) is 0. The van der Waals surface area contributed by atoms with E-state index in [-0.39, 0.29) is 24.8 Å². The smallest absolute Gasteiger partial charge is 0.0883 e. The van der Waals surface area contributed by atoms with Crippen molar-refractivity contribution >= 4 is 24.8 Å². The summed E-state index contributed by atoms with van der Waals surface area (Å²) in [5.74, 6) is 0.560. The van der Waals surface area contributed by atoms with Crippen molar-refractivity contribution in [1.29, 1.82) is 0 Å². The molecule has 98 valence electrons. The molecular formula is C12H16Cl2N4. The van der Waals surface area contributed by atoms with E-state index in [0.29, 0.717) is 5.92 Å². The van der Waals surface area contributed by atoms with E-state index in [4.69, 9.17) is 0 Å². The van der Waals surface area contributed by atoms with E-state index in [0.717, 1.165) is 25.3 Å². The van der Waals surface area contributed by atoms with E-state index in [1.807, 2.05) is 22.9 Å². The quantitative estimate of drug-likeness (QED) is 0.937. The standard InChI is InChI=1S/C12H14N4.2ClH/c1-2-4-10(5-3-1)8-16-9-12(14-15-16)11-6-13-7-11;;/h1-5,9,11,13H,6-8H2;2*1H. The summed E-state index contributed by atoms with van der Waals surface area (Å²) < 4.78 is 1.91. The van der Waals surface area contributed by atoms with Crippen LogP contribution < -0.4 is 5.32 Å². The van der Waals surface area contributed by atoms with Crippen molar-refractivity contribution in [2.75, 3.05) is 13.1 Å². The SMILES string of the molecule is Cl.Cl.c1ccc(Cn2cc(C3CNC3)nn2)cc1. The van der Waals surface area contributed by atoms with Gasteiger partial charge in [0.05, 0.1) is 12.2 Å². The number of hydrogen-bond donors (Lipinski definition) is 1. The van der Waals surface area contributed by atoms with E-state index in [1.54, 1.807) is 0 Å². The Morgan fingerprint density at radius 2 is 1.89 bits per heavy atom. The molecule has 0 bridgehead atoms. The van der Waals surface area contributed by atoms with Crippen molar-refractivity contribution in [3.05, 3.63) is 47.8 Å². The molecule has 1 aliphatic rings. The minimum atomic E-state index is 0. The highest BCUT2D eigenvalue weighted by molar-refractivity contribution is 5.85. The molecule has 1 saturated heterocycles. The summed E-state index contributed by atoms with van der Waals surface area (Å²) >= 11 is 0. The molecular weight excluding hydrogens is 271 g/mol. The summed E-state index contributed by atoms with van der Waals surface area (Å²) in [4.78, 5) is 0. The lowest BCUT2D eigenvalue weighted by atomic mass is 10.0. The Morgan fingerprint density at radius 1 is 1.17 bits per heavy atom. The van der Waals surface area contributed by atoms with Gasteiger partial charge in [-0.25, -0.2) is 4.68 Å². The summed E-state index contributed by atoms with van der Waals surface area (Å²) in [6.45, 7) is 2.86. The van der Waals surface area contributed by atoms with E-state index in [9.17, 15) is 0 Å². The molecule has 2 heterocycles. The highest BCUT2D eigenvalue weighted by Crippen LogP contribution is 2.16. The first-order chi connectivity index (χ1) is 7.92. The topological polar surface area (TPSA) is 42.7 Å². The fourth-order valence-corrected chi connectivity index (χ4v) is 1.85. The van der Waals surface area contributed by atoms with Gasteiger partial charge in [0.1, 0.15) is 0 Å². The van der Waals surface area contributed by atoms with Crippen LogP contribution in [0.4, 0.5) is 0 Å². The Morgan fingerprint density at radius 3 is 2.50 bits per heavy atom. The van der Waals surface area contributed by atoms with Gasteiger partial charge in [-0.05, 0) is 5.56 Å². The second-order valence-corrected chi connectivity index (χ2v) is 4.18. The molecule has 1 aliphatic heterocycles. The number of nitrogens with zero attached hydrogens (tertiary/aromatic N) is 3. The van der Waals surface area contributed by atoms with Gasteiger partial charge in [0, 0.05) is 25.2 Å². The minimum absolute atomic E-state index is 0. The van der Waals surface area contributed by atoms with Crippen LogP contribution in [0.15, 0.2) is 36.5 Å². The van der Waals surface area contributed by atoms with Gasteiger partial charge in [-0.2, -0.15) is 0 Å². The fourth-order valence-electron chi connectivity index (χ4n) is 1.85. The molecule has 1 N–H and O–H groups in total. The monoisotopic (exact) mass is 286 g/mol. The van der Waals surface area contributed by atoms with Crippen molar-refractivity contribution in [2.45, 2.75) is 12.5 Å². The van der Waals surface area contributed by atoms with Crippen LogP contribution in [0.1, 0.15) is 17.2 Å². The van der Waals surface area contributed by atoms with Crippen molar-refractivity contribution in [3.63, 3.8) is 0 Å². The zero-order chi connectivity index (χ0) is 10.8. The normalized spacial score (nSPS) is 14.2. The number of hydrogen-bond acceptors (Lipinski definition) is 3. The molecule has 0 unspecified atom stereocenters. The molecule has 1 aromatic carbocycles. The maximum atomic E-state index is 4.21. The molecule has 0 amide bonds. The van der Waals surface area contributed by atoms with Gasteiger partial charge in [-0.3, -0.25) is 0 Å². The summed E-state index contributed by atoms with van der Waals surface area (Å²) in [5.41, 5.74) is 2.36. The van der Waals surface area contributed by atoms with Crippen LogP contribution in [0.5, 0.6) is 0 Å². The molecule has 0 spiro atoms. The van der Waals surface area contributed by atoms with E-state index < -0.39 is 0 Å². The first-order valence-corrected chi connectivity index (χ1v) is 5.56. The number of benzene rings is 1. The van der Waals surface area contributed by atoms with Crippen LogP contribution in [-0.4, -0.2) is 28.1 Å². The number of aromatic nitrogens is 3. The summed E-state index contributed by atoms with van der Waals surface area (Å²) in [6.07, 6.45) is 2.05. The van der Waals surface area contributed by atoms with E-state index >= 15 is 0 Å². The number of rotatable bonds is 3. The first kappa shape index (κ1) is 15.0. The third-order valence-corrected chi connectivity index (χ3v) is 2.94. The van der Waals surface area contributed by atoms with Crippen molar-refractivity contribution < 1.29 is 0 Å². The van der Waals surface area contributed by atoms with Crippen LogP contribution in [0.3, 0.4) is 0 Å². The molecule has 4 nitrogen and oxygen atoms in total. The largest absolute Gasteiger partial charge is 0.315 e. The molecule has 0 aliphatic carbocycles. The van der Waals surface area contributed by atoms with Crippen LogP contribution in [0.2, 0.25) is 0 Å². The van der Waals surface area contributed by atoms with Gasteiger partial charge in [-0.15, -0.1) is 29.9 Å². The van der Waals surface area contributed by atoms with E-state index in [1.165, 1.54) is 5.56 Å². The van der Waals surface area contributed by atoms with Crippen molar-refractivity contribution in [2.24, 2.45) is 0 Å². The average Bonchev–Trinajstić information content (AvgIpc) is 2.65. The number of nitrogens with one attached hydrogen (secondary N) is 1. The lowest BCUT2D eigenvalue weighted by molar-refractivity contribution is 0.439. The summed E-state index contributed by atoms with van der Waals surface area (Å²) in [5, 5.41) is 11.6. The Labute approximate surface area is 119 Å². The van der Waals surface area contributed by atoms with Crippen LogP contribution in [-0.2, 0) is 6.54 Å². The predicted molar refractivity (Wildman–Crippen MR) is 75.7 cm³/mol. The minimum Gasteiger partial charge on any atom is -0.315 e. The van der Waals surface area contributed by atoms with Gasteiger partial charge in [0.2, 0.25) is 0 Å². The van der Waals surface area contributed by atoms with Gasteiger partial charge in [-0.1, -0.05) is 35.5 Å². The molecule has 6 heteroatoms. The van der Waals surface area contributed by atoms with Crippen LogP contribution in [0.25, 0.3) is 0 Å². The molecule has 0 atom stereocenters. The molecule has 1 fully saturated rings. The summed E-state index contributed by atoms with van der Waals surface area (Å²) in [6, 6.07) is 10.3. The second kappa shape index (κ2) is 6.73. The maximum Gasteiger partial charge on any atom is 0.0883 e. The van der Waals surface area contributed by atoms with Crippen molar-refractivity contribution in [1.82, 2.24) is 20.3 Å². The Kier molecular flexibility index (Phi) is 5.59. The first-order valence-electron chi connectivity index (χ1n) is 5.56. The van der Waals surface area contributed by atoms with Gasteiger partial charge < -0.3 is 5.32 Å².